The van der Waals surface area contributed by atoms with Crippen molar-refractivity contribution in [3.63, 3.8) is 0 Å². The number of hydrogen-bond donors (Lipinski definition) is 0. The molecule has 2 aliphatic rings. The minimum Gasteiger partial charge on any atom is -0.342 e. The van der Waals surface area contributed by atoms with E-state index in [0.717, 1.165) is 44.2 Å². The first-order chi connectivity index (χ1) is 11.1. The number of carbonyl (C=O) groups is 2. The van der Waals surface area contributed by atoms with Crippen LogP contribution in [0.25, 0.3) is 0 Å². The van der Waals surface area contributed by atoms with Gasteiger partial charge in [-0.25, -0.2) is 0 Å². The highest BCUT2D eigenvalue weighted by atomic mass is 16.2. The van der Waals surface area contributed by atoms with Crippen molar-refractivity contribution in [1.82, 2.24) is 4.90 Å². The van der Waals surface area contributed by atoms with Gasteiger partial charge in [-0.15, -0.1) is 0 Å². The lowest BCUT2D eigenvalue weighted by atomic mass is 9.75. The molecule has 2 unspecified atom stereocenters. The average molecular weight is 322 g/mol. The molecule has 132 valence electrons. The second-order valence-electron chi connectivity index (χ2n) is 8.13. The molecule has 0 N–H and O–H groups in total. The van der Waals surface area contributed by atoms with Crippen LogP contribution in [0.1, 0.15) is 84.5 Å². The van der Waals surface area contributed by atoms with Crippen LogP contribution < -0.4 is 0 Å². The number of fused-ring (bicyclic) bond motifs is 1. The van der Waals surface area contributed by atoms with Gasteiger partial charge in [0.2, 0.25) is 5.91 Å². The monoisotopic (exact) mass is 321 g/mol. The van der Waals surface area contributed by atoms with E-state index in [9.17, 15) is 9.59 Å². The molecule has 1 amide bonds. The standard InChI is InChI=1S/C20H35NO2/c1-16(2)14-19(22)10-4-3-5-11-20(23)21-13-12-17-8-6-7-9-18(17)15-21/h16-18H,3-15H2,1-2H3. The van der Waals surface area contributed by atoms with E-state index in [1.807, 2.05) is 0 Å². The summed E-state index contributed by atoms with van der Waals surface area (Å²) >= 11 is 0. The van der Waals surface area contributed by atoms with Crippen molar-refractivity contribution >= 4 is 11.7 Å². The molecule has 2 fully saturated rings. The number of nitrogens with zero attached hydrogens (tertiary/aromatic N) is 1. The number of piperidine rings is 1. The fourth-order valence-corrected chi connectivity index (χ4v) is 4.32. The number of hydrogen-bond acceptors (Lipinski definition) is 2. The van der Waals surface area contributed by atoms with Gasteiger partial charge in [0, 0.05) is 32.4 Å². The molecule has 3 heteroatoms. The SMILES string of the molecule is CC(C)CC(=O)CCCCCC(=O)N1CCC2CCCCC2C1. The molecule has 1 saturated carbocycles. The van der Waals surface area contributed by atoms with Crippen LogP contribution in [0.4, 0.5) is 0 Å². The minimum atomic E-state index is 0.350. The third kappa shape index (κ3) is 6.27. The van der Waals surface area contributed by atoms with Crippen LogP contribution >= 0.6 is 0 Å². The number of carbonyl (C=O) groups excluding carboxylic acids is 2. The van der Waals surface area contributed by atoms with Gasteiger partial charge in [-0.1, -0.05) is 39.5 Å². The van der Waals surface area contributed by atoms with Crippen molar-refractivity contribution < 1.29 is 9.59 Å². The number of unbranched alkanes of at least 4 members (excludes halogenated alkanes) is 2. The zero-order valence-corrected chi connectivity index (χ0v) is 15.2. The second kappa shape index (κ2) is 9.44. The summed E-state index contributed by atoms with van der Waals surface area (Å²) in [5.41, 5.74) is 0. The van der Waals surface area contributed by atoms with E-state index in [0.29, 0.717) is 36.9 Å². The smallest absolute Gasteiger partial charge is 0.222 e. The lowest BCUT2D eigenvalue weighted by Crippen LogP contribution is -2.44. The van der Waals surface area contributed by atoms with Crippen LogP contribution in [0, 0.1) is 17.8 Å². The van der Waals surface area contributed by atoms with Gasteiger partial charge < -0.3 is 4.90 Å². The Bertz CT molecular complexity index is 391. The van der Waals surface area contributed by atoms with Crippen LogP contribution in [-0.2, 0) is 9.59 Å². The van der Waals surface area contributed by atoms with Crippen LogP contribution in [0.3, 0.4) is 0 Å². The zero-order valence-electron chi connectivity index (χ0n) is 15.2. The second-order valence-corrected chi connectivity index (χ2v) is 8.13. The topological polar surface area (TPSA) is 37.4 Å². The van der Waals surface area contributed by atoms with Crippen molar-refractivity contribution in [2.24, 2.45) is 17.8 Å². The molecule has 0 aromatic heterocycles. The third-order valence-electron chi connectivity index (χ3n) is 5.63. The van der Waals surface area contributed by atoms with Gasteiger partial charge in [0.1, 0.15) is 5.78 Å². The Morgan fingerprint density at radius 1 is 0.957 bits per heavy atom. The Morgan fingerprint density at radius 2 is 1.65 bits per heavy atom. The van der Waals surface area contributed by atoms with Gasteiger partial charge in [0.15, 0.2) is 0 Å². The molecule has 0 bridgehead atoms. The molecule has 2 atom stereocenters. The Kier molecular flexibility index (Phi) is 7.58. The molecule has 0 aromatic carbocycles. The Balaban J connectivity index is 1.57. The lowest BCUT2D eigenvalue weighted by Gasteiger charge is -2.41. The lowest BCUT2D eigenvalue weighted by molar-refractivity contribution is -0.134. The molecule has 0 aromatic rings. The molecule has 1 saturated heterocycles. The first-order valence-corrected chi connectivity index (χ1v) is 9.85. The Morgan fingerprint density at radius 3 is 2.39 bits per heavy atom. The summed E-state index contributed by atoms with van der Waals surface area (Å²) in [4.78, 5) is 26.2. The van der Waals surface area contributed by atoms with E-state index in [2.05, 4.69) is 18.7 Å². The summed E-state index contributed by atoms with van der Waals surface area (Å²) in [5, 5.41) is 0. The van der Waals surface area contributed by atoms with Gasteiger partial charge in [-0.3, -0.25) is 9.59 Å². The largest absolute Gasteiger partial charge is 0.342 e. The van der Waals surface area contributed by atoms with Crippen LogP contribution in [-0.4, -0.2) is 29.7 Å². The molecule has 23 heavy (non-hydrogen) atoms. The van der Waals surface area contributed by atoms with Crippen LogP contribution in [0.5, 0.6) is 0 Å². The number of amides is 1. The van der Waals surface area contributed by atoms with E-state index in [1.54, 1.807) is 0 Å². The van der Waals surface area contributed by atoms with Gasteiger partial charge in [0.25, 0.3) is 0 Å². The van der Waals surface area contributed by atoms with E-state index in [1.165, 1.54) is 32.1 Å². The third-order valence-corrected chi connectivity index (χ3v) is 5.63. The summed E-state index contributed by atoms with van der Waals surface area (Å²) in [6.07, 6.45) is 11.7. The fourth-order valence-electron chi connectivity index (χ4n) is 4.32. The number of likely N-dealkylation sites (tertiary alicyclic amines) is 1. The molecule has 2 rings (SSSR count). The van der Waals surface area contributed by atoms with E-state index in [4.69, 9.17) is 0 Å². The average Bonchev–Trinajstić information content (AvgIpc) is 2.53. The summed E-state index contributed by atoms with van der Waals surface area (Å²) in [7, 11) is 0. The molecular weight excluding hydrogens is 286 g/mol. The highest BCUT2D eigenvalue weighted by Gasteiger charge is 2.32. The Labute approximate surface area is 142 Å². The van der Waals surface area contributed by atoms with E-state index >= 15 is 0 Å². The predicted octanol–water partition coefficient (Wildman–Crippen LogP) is 4.59. The van der Waals surface area contributed by atoms with Crippen molar-refractivity contribution in [1.29, 1.82) is 0 Å². The van der Waals surface area contributed by atoms with Crippen molar-refractivity contribution in [3.8, 4) is 0 Å². The molecule has 1 heterocycles. The summed E-state index contributed by atoms with van der Waals surface area (Å²) in [6.45, 7) is 6.17. The molecule has 1 aliphatic carbocycles. The maximum absolute atomic E-state index is 12.4. The van der Waals surface area contributed by atoms with E-state index < -0.39 is 0 Å². The number of Topliss-reactive ketones (excluding diaryl/α,β-unsaturated/α-hetero) is 1. The normalized spacial score (nSPS) is 24.6. The number of rotatable bonds is 8. The summed E-state index contributed by atoms with van der Waals surface area (Å²) < 4.78 is 0. The van der Waals surface area contributed by atoms with Crippen LogP contribution in [0.15, 0.2) is 0 Å². The molecule has 0 radical (unpaired) electrons. The highest BCUT2D eigenvalue weighted by molar-refractivity contribution is 5.78. The molecule has 1 aliphatic heterocycles. The summed E-state index contributed by atoms with van der Waals surface area (Å²) in [6, 6.07) is 0. The fraction of sp³-hybridized carbons (Fsp3) is 0.900. The maximum Gasteiger partial charge on any atom is 0.222 e. The van der Waals surface area contributed by atoms with Crippen molar-refractivity contribution in [3.05, 3.63) is 0 Å². The minimum absolute atomic E-state index is 0.350. The van der Waals surface area contributed by atoms with Crippen molar-refractivity contribution in [2.45, 2.75) is 84.5 Å². The quantitative estimate of drug-likeness (QED) is 0.613. The predicted molar refractivity (Wildman–Crippen MR) is 94.2 cm³/mol. The van der Waals surface area contributed by atoms with Crippen LogP contribution in [0.2, 0.25) is 0 Å². The van der Waals surface area contributed by atoms with Gasteiger partial charge in [-0.05, 0) is 43.4 Å². The zero-order chi connectivity index (χ0) is 16.7. The Hall–Kier alpha value is -0.860. The maximum atomic E-state index is 12.4. The van der Waals surface area contributed by atoms with Gasteiger partial charge >= 0.3 is 0 Å². The molecular formula is C20H35NO2. The summed E-state index contributed by atoms with van der Waals surface area (Å²) in [5.74, 6) is 2.86. The first-order valence-electron chi connectivity index (χ1n) is 9.85. The van der Waals surface area contributed by atoms with Crippen molar-refractivity contribution in [2.75, 3.05) is 13.1 Å². The first kappa shape index (κ1) is 18.5. The van der Waals surface area contributed by atoms with Gasteiger partial charge in [0.05, 0.1) is 0 Å². The highest BCUT2D eigenvalue weighted by Crippen LogP contribution is 2.36. The molecule has 0 spiro atoms. The van der Waals surface area contributed by atoms with Gasteiger partial charge in [-0.2, -0.15) is 0 Å². The molecule has 3 nitrogen and oxygen atoms in total. The van der Waals surface area contributed by atoms with E-state index in [-0.39, 0.29) is 0 Å². The number of ketones is 1.